The molecule has 3 rings (SSSR count). The third-order valence-electron chi connectivity index (χ3n) is 4.15. The lowest BCUT2D eigenvalue weighted by atomic mass is 10.1. The minimum absolute atomic E-state index is 0.356. The van der Waals surface area contributed by atoms with Gasteiger partial charge in [-0.1, -0.05) is 6.07 Å². The van der Waals surface area contributed by atoms with Crippen LogP contribution in [0.4, 0.5) is 5.69 Å². The van der Waals surface area contributed by atoms with Crippen LogP contribution >= 0.6 is 0 Å². The lowest BCUT2D eigenvalue weighted by molar-refractivity contribution is 0.0600. The minimum atomic E-state index is -0.356. The number of esters is 1. The van der Waals surface area contributed by atoms with E-state index in [-0.39, 0.29) is 5.97 Å². The van der Waals surface area contributed by atoms with E-state index in [1.165, 1.54) is 7.11 Å². The van der Waals surface area contributed by atoms with E-state index in [9.17, 15) is 4.79 Å². The summed E-state index contributed by atoms with van der Waals surface area (Å²) in [5.74, 6) is 0.467. The number of rotatable bonds is 5. The van der Waals surface area contributed by atoms with Crippen molar-refractivity contribution < 1.29 is 14.3 Å². The summed E-state index contributed by atoms with van der Waals surface area (Å²) in [6.45, 7) is 1.86. The van der Waals surface area contributed by atoms with Crippen molar-refractivity contribution in [1.82, 2.24) is 4.57 Å². The summed E-state index contributed by atoms with van der Waals surface area (Å²) in [5.41, 5.74) is 4.06. The van der Waals surface area contributed by atoms with Gasteiger partial charge in [0, 0.05) is 29.9 Å². The number of hydrogen-bond acceptors (Lipinski definition) is 4. The minimum Gasteiger partial charge on any atom is -0.497 e. The normalized spacial score (nSPS) is 10.9. The third kappa shape index (κ3) is 3.67. The average Bonchev–Trinajstić information content (AvgIpc) is 3.15. The molecule has 0 aliphatic rings. The van der Waals surface area contributed by atoms with Crippen molar-refractivity contribution in [3.8, 4) is 11.4 Å². The van der Waals surface area contributed by atoms with Gasteiger partial charge in [-0.15, -0.1) is 0 Å². The maximum atomic E-state index is 11.8. The maximum absolute atomic E-state index is 11.8. The van der Waals surface area contributed by atoms with E-state index in [2.05, 4.69) is 4.99 Å². The lowest BCUT2D eigenvalue weighted by Gasteiger charge is -2.06. The largest absolute Gasteiger partial charge is 0.497 e. The highest BCUT2D eigenvalue weighted by Gasteiger charge is 2.11. The van der Waals surface area contributed by atoms with Crippen molar-refractivity contribution in [2.45, 2.75) is 6.92 Å². The van der Waals surface area contributed by atoms with Crippen LogP contribution in [-0.4, -0.2) is 31.0 Å². The molecule has 0 radical (unpaired) electrons. The molecule has 0 aliphatic carbocycles. The molecule has 1 heterocycles. The number of carbonyl (C=O) groups excluding carboxylic acids is 1. The molecule has 132 valence electrons. The Morgan fingerprint density at radius 2 is 1.85 bits per heavy atom. The first-order chi connectivity index (χ1) is 12.6. The molecule has 1 aromatic heterocycles. The summed E-state index contributed by atoms with van der Waals surface area (Å²) in [5, 5.41) is 0. The zero-order valence-electron chi connectivity index (χ0n) is 15.0. The van der Waals surface area contributed by atoms with Crippen molar-refractivity contribution in [1.29, 1.82) is 0 Å². The molecule has 0 spiro atoms. The van der Waals surface area contributed by atoms with Gasteiger partial charge in [0.25, 0.3) is 0 Å². The second-order valence-corrected chi connectivity index (χ2v) is 5.75. The van der Waals surface area contributed by atoms with Gasteiger partial charge in [-0.25, -0.2) is 4.79 Å². The Morgan fingerprint density at radius 1 is 1.08 bits per heavy atom. The summed E-state index contributed by atoms with van der Waals surface area (Å²) in [6.07, 6.45) is 5.75. The Balaban J connectivity index is 1.82. The lowest BCUT2D eigenvalue weighted by Crippen LogP contribution is -2.03. The highest BCUT2D eigenvalue weighted by molar-refractivity contribution is 5.93. The molecule has 0 unspecified atom stereocenters. The summed E-state index contributed by atoms with van der Waals surface area (Å²) in [6, 6.07) is 15.2. The molecule has 0 amide bonds. The topological polar surface area (TPSA) is 52.8 Å². The molecule has 5 heteroatoms. The molecular weight excluding hydrogens is 328 g/mol. The number of ether oxygens (including phenoxy) is 2. The van der Waals surface area contributed by atoms with Crippen LogP contribution in [0.1, 0.15) is 21.5 Å². The van der Waals surface area contributed by atoms with Gasteiger partial charge in [-0.2, -0.15) is 0 Å². The highest BCUT2D eigenvalue weighted by Crippen LogP contribution is 2.23. The van der Waals surface area contributed by atoms with E-state index in [0.29, 0.717) is 5.56 Å². The number of nitrogens with zero attached hydrogens (tertiary/aromatic N) is 2. The SMILES string of the molecule is COC(=O)c1cccc(N=Cc2ccn(-c3ccc(OC)cc3)c2)c1C. The molecule has 26 heavy (non-hydrogen) atoms. The summed E-state index contributed by atoms with van der Waals surface area (Å²) >= 11 is 0. The van der Waals surface area contributed by atoms with Gasteiger partial charge in [-0.3, -0.25) is 4.99 Å². The first kappa shape index (κ1) is 17.5. The van der Waals surface area contributed by atoms with Crippen LogP contribution in [0.2, 0.25) is 0 Å². The van der Waals surface area contributed by atoms with Crippen LogP contribution < -0.4 is 4.74 Å². The van der Waals surface area contributed by atoms with E-state index in [1.54, 1.807) is 25.5 Å². The standard InChI is InChI=1S/C21H20N2O3/c1-15-19(21(24)26-3)5-4-6-20(15)22-13-16-11-12-23(14-16)17-7-9-18(25-2)10-8-17/h4-14H,1-3H3. The van der Waals surface area contributed by atoms with Crippen LogP contribution in [-0.2, 0) is 4.74 Å². The van der Waals surface area contributed by atoms with E-state index in [4.69, 9.17) is 9.47 Å². The summed E-state index contributed by atoms with van der Waals surface area (Å²) in [4.78, 5) is 16.3. The zero-order chi connectivity index (χ0) is 18.5. The quantitative estimate of drug-likeness (QED) is 0.509. The fourth-order valence-electron chi connectivity index (χ4n) is 2.64. The fourth-order valence-corrected chi connectivity index (χ4v) is 2.64. The molecule has 0 atom stereocenters. The molecule has 0 saturated carbocycles. The second kappa shape index (κ2) is 7.70. The molecule has 5 nitrogen and oxygen atoms in total. The number of carbonyl (C=O) groups is 1. The fraction of sp³-hybridized carbons (Fsp3) is 0.143. The molecule has 0 fully saturated rings. The predicted octanol–water partition coefficient (Wildman–Crippen LogP) is 4.33. The Morgan fingerprint density at radius 3 is 2.54 bits per heavy atom. The van der Waals surface area contributed by atoms with Crippen molar-refractivity contribution in [2.75, 3.05) is 14.2 Å². The van der Waals surface area contributed by atoms with Crippen molar-refractivity contribution in [3.05, 3.63) is 77.6 Å². The van der Waals surface area contributed by atoms with E-state index in [0.717, 1.165) is 28.3 Å². The van der Waals surface area contributed by atoms with Gasteiger partial charge >= 0.3 is 5.97 Å². The highest BCUT2D eigenvalue weighted by atomic mass is 16.5. The molecular formula is C21H20N2O3. The molecule has 0 aliphatic heterocycles. The van der Waals surface area contributed by atoms with Crippen LogP contribution in [0.15, 0.2) is 65.9 Å². The molecule has 0 bridgehead atoms. The zero-order valence-corrected chi connectivity index (χ0v) is 15.0. The Hall–Kier alpha value is -3.34. The number of methoxy groups -OCH3 is 2. The molecule has 0 saturated heterocycles. The van der Waals surface area contributed by atoms with Gasteiger partial charge in [0.05, 0.1) is 25.5 Å². The van der Waals surface area contributed by atoms with Gasteiger partial charge < -0.3 is 14.0 Å². The third-order valence-corrected chi connectivity index (χ3v) is 4.15. The van der Waals surface area contributed by atoms with E-state index in [1.807, 2.05) is 60.3 Å². The van der Waals surface area contributed by atoms with Crippen LogP contribution in [0.3, 0.4) is 0 Å². The molecule has 0 N–H and O–H groups in total. The first-order valence-corrected chi connectivity index (χ1v) is 8.17. The van der Waals surface area contributed by atoms with Crippen LogP contribution in [0, 0.1) is 6.92 Å². The Bertz CT molecular complexity index is 940. The van der Waals surface area contributed by atoms with Gasteiger partial charge in [-0.05, 0) is 55.0 Å². The van der Waals surface area contributed by atoms with Crippen LogP contribution in [0.25, 0.3) is 5.69 Å². The summed E-state index contributed by atoms with van der Waals surface area (Å²) in [7, 11) is 3.02. The maximum Gasteiger partial charge on any atom is 0.338 e. The molecule has 3 aromatic rings. The number of hydrogen-bond donors (Lipinski definition) is 0. The second-order valence-electron chi connectivity index (χ2n) is 5.75. The van der Waals surface area contributed by atoms with Crippen molar-refractivity contribution >= 4 is 17.9 Å². The Labute approximate surface area is 152 Å². The van der Waals surface area contributed by atoms with Gasteiger partial charge in [0.15, 0.2) is 0 Å². The smallest absolute Gasteiger partial charge is 0.338 e. The summed E-state index contributed by atoms with van der Waals surface area (Å²) < 4.78 is 12.0. The first-order valence-electron chi connectivity index (χ1n) is 8.17. The van der Waals surface area contributed by atoms with Gasteiger partial charge in [0.2, 0.25) is 0 Å². The van der Waals surface area contributed by atoms with Crippen LogP contribution in [0.5, 0.6) is 5.75 Å². The average molecular weight is 348 g/mol. The molecule has 2 aromatic carbocycles. The number of benzene rings is 2. The Kier molecular flexibility index (Phi) is 5.17. The number of aromatic nitrogens is 1. The van der Waals surface area contributed by atoms with E-state index >= 15 is 0 Å². The van der Waals surface area contributed by atoms with Crippen molar-refractivity contribution in [2.24, 2.45) is 4.99 Å². The number of aliphatic imine (C=N–C) groups is 1. The van der Waals surface area contributed by atoms with Gasteiger partial charge in [0.1, 0.15) is 5.75 Å². The predicted molar refractivity (Wildman–Crippen MR) is 102 cm³/mol. The van der Waals surface area contributed by atoms with E-state index < -0.39 is 0 Å². The van der Waals surface area contributed by atoms with Crippen molar-refractivity contribution in [3.63, 3.8) is 0 Å². The monoisotopic (exact) mass is 348 g/mol.